The first kappa shape index (κ1) is 14.8. The molecule has 0 aliphatic heterocycles. The number of halogens is 4. The number of guanidine groups is 1. The van der Waals surface area contributed by atoms with Gasteiger partial charge in [0.2, 0.25) is 0 Å². The summed E-state index contributed by atoms with van der Waals surface area (Å²) in [6.45, 7) is 2.45. The van der Waals surface area contributed by atoms with Crippen LogP contribution in [0.5, 0.6) is 0 Å². The molecule has 1 aromatic carbocycles. The van der Waals surface area contributed by atoms with Crippen molar-refractivity contribution in [1.82, 2.24) is 0 Å². The third-order valence-electron chi connectivity index (χ3n) is 2.06. The number of anilines is 1. The number of alkyl halides is 3. The zero-order chi connectivity index (χ0) is 13.8. The number of nitrogens with one attached hydrogen (secondary N) is 1. The van der Waals surface area contributed by atoms with E-state index in [1.54, 1.807) is 0 Å². The summed E-state index contributed by atoms with van der Waals surface area (Å²) in [6.07, 6.45) is -3.57. The van der Waals surface area contributed by atoms with Crippen LogP contribution in [-0.4, -0.2) is 12.5 Å². The highest BCUT2D eigenvalue weighted by Gasteiger charge is 2.30. The van der Waals surface area contributed by atoms with Gasteiger partial charge in [-0.3, -0.25) is 4.99 Å². The fourth-order valence-corrected chi connectivity index (χ4v) is 1.55. The standard InChI is InChI=1S/C11H13BrF3N3/c1-2-5-17-10(16)18-9-6-7(11(13,14)15)3-4-8(9)12/h3-4,6H,2,5H2,1H3,(H3,16,17,18). The number of hydrogen-bond acceptors (Lipinski definition) is 1. The van der Waals surface area contributed by atoms with Gasteiger partial charge in [-0.1, -0.05) is 6.92 Å². The summed E-state index contributed by atoms with van der Waals surface area (Å²) in [5.41, 5.74) is 5.06. The summed E-state index contributed by atoms with van der Waals surface area (Å²) in [6, 6.07) is 3.30. The lowest BCUT2D eigenvalue weighted by atomic mass is 10.2. The molecule has 0 heterocycles. The molecule has 0 amide bonds. The van der Waals surface area contributed by atoms with Crippen molar-refractivity contribution in [2.24, 2.45) is 10.7 Å². The van der Waals surface area contributed by atoms with Crippen LogP contribution in [0.4, 0.5) is 18.9 Å². The first-order chi connectivity index (χ1) is 8.34. The van der Waals surface area contributed by atoms with Gasteiger partial charge in [0.25, 0.3) is 0 Å². The van der Waals surface area contributed by atoms with Crippen LogP contribution in [0.25, 0.3) is 0 Å². The van der Waals surface area contributed by atoms with Gasteiger partial charge in [0.05, 0.1) is 11.3 Å². The summed E-state index contributed by atoms with van der Waals surface area (Å²) < 4.78 is 38.1. The Morgan fingerprint density at radius 3 is 2.67 bits per heavy atom. The van der Waals surface area contributed by atoms with Crippen molar-refractivity contribution in [2.75, 3.05) is 11.9 Å². The quantitative estimate of drug-likeness (QED) is 0.659. The molecule has 7 heteroatoms. The minimum Gasteiger partial charge on any atom is -0.370 e. The number of nitrogens with zero attached hydrogens (tertiary/aromatic N) is 1. The molecule has 0 saturated heterocycles. The molecule has 100 valence electrons. The third-order valence-corrected chi connectivity index (χ3v) is 2.75. The topological polar surface area (TPSA) is 50.4 Å². The summed E-state index contributed by atoms with van der Waals surface area (Å²) in [7, 11) is 0. The second kappa shape index (κ2) is 6.08. The number of rotatable bonds is 3. The molecular weight excluding hydrogens is 311 g/mol. The maximum atomic E-state index is 12.5. The van der Waals surface area contributed by atoms with E-state index >= 15 is 0 Å². The van der Waals surface area contributed by atoms with Gasteiger partial charge in [-0.15, -0.1) is 0 Å². The van der Waals surface area contributed by atoms with E-state index in [1.165, 1.54) is 6.07 Å². The Hall–Kier alpha value is -1.24. The Morgan fingerprint density at radius 1 is 1.44 bits per heavy atom. The predicted molar refractivity (Wildman–Crippen MR) is 69.5 cm³/mol. The molecule has 0 aliphatic carbocycles. The summed E-state index contributed by atoms with van der Waals surface area (Å²) >= 11 is 3.15. The molecule has 0 aliphatic rings. The van der Waals surface area contributed by atoms with Crippen LogP contribution in [0.1, 0.15) is 18.9 Å². The monoisotopic (exact) mass is 323 g/mol. The lowest BCUT2D eigenvalue weighted by Gasteiger charge is -2.12. The summed E-state index contributed by atoms with van der Waals surface area (Å²) in [5, 5.41) is 2.64. The Balaban J connectivity index is 2.95. The largest absolute Gasteiger partial charge is 0.416 e. The van der Waals surface area contributed by atoms with Gasteiger partial charge in [0.1, 0.15) is 0 Å². The van der Waals surface area contributed by atoms with E-state index in [4.69, 9.17) is 5.73 Å². The molecule has 0 saturated carbocycles. The van der Waals surface area contributed by atoms with Gasteiger partial charge in [0, 0.05) is 11.0 Å². The van der Waals surface area contributed by atoms with Crippen LogP contribution in [0.2, 0.25) is 0 Å². The van der Waals surface area contributed by atoms with Crippen LogP contribution in [0, 0.1) is 0 Å². The van der Waals surface area contributed by atoms with Gasteiger partial charge in [-0.05, 0) is 40.5 Å². The second-order valence-electron chi connectivity index (χ2n) is 3.58. The highest BCUT2D eigenvalue weighted by atomic mass is 79.9. The van der Waals surface area contributed by atoms with Crippen molar-refractivity contribution in [3.05, 3.63) is 28.2 Å². The third kappa shape index (κ3) is 4.21. The minimum absolute atomic E-state index is 0.0943. The average Bonchev–Trinajstić information content (AvgIpc) is 2.28. The van der Waals surface area contributed by atoms with Crippen LogP contribution in [0.15, 0.2) is 27.7 Å². The van der Waals surface area contributed by atoms with Gasteiger partial charge in [-0.25, -0.2) is 0 Å². The Bertz CT molecular complexity index is 444. The number of hydrogen-bond donors (Lipinski definition) is 2. The smallest absolute Gasteiger partial charge is 0.370 e. The molecule has 18 heavy (non-hydrogen) atoms. The molecule has 1 aromatic rings. The minimum atomic E-state index is -4.38. The van der Waals surface area contributed by atoms with Crippen molar-refractivity contribution in [2.45, 2.75) is 19.5 Å². The molecule has 0 fully saturated rings. The molecular formula is C11H13BrF3N3. The van der Waals surface area contributed by atoms with Crippen molar-refractivity contribution in [3.8, 4) is 0 Å². The number of nitrogens with two attached hydrogens (primary N) is 1. The average molecular weight is 324 g/mol. The van der Waals surface area contributed by atoms with Crippen LogP contribution in [0.3, 0.4) is 0 Å². The molecule has 3 N–H and O–H groups in total. The second-order valence-corrected chi connectivity index (χ2v) is 4.44. The Labute approximate surface area is 111 Å². The van der Waals surface area contributed by atoms with Crippen LogP contribution in [-0.2, 0) is 6.18 Å². The lowest BCUT2D eigenvalue weighted by Crippen LogP contribution is -2.23. The number of aliphatic imine (C=N–C) groups is 1. The van der Waals surface area contributed by atoms with Gasteiger partial charge >= 0.3 is 6.18 Å². The molecule has 0 spiro atoms. The van der Waals surface area contributed by atoms with E-state index in [2.05, 4.69) is 26.2 Å². The molecule has 0 bridgehead atoms. The highest BCUT2D eigenvalue weighted by Crippen LogP contribution is 2.33. The van der Waals surface area contributed by atoms with E-state index in [0.717, 1.165) is 18.6 Å². The summed E-state index contributed by atoms with van der Waals surface area (Å²) in [4.78, 5) is 3.95. The van der Waals surface area contributed by atoms with Crippen molar-refractivity contribution >= 4 is 27.6 Å². The van der Waals surface area contributed by atoms with E-state index in [0.29, 0.717) is 11.0 Å². The maximum Gasteiger partial charge on any atom is 0.416 e. The van der Waals surface area contributed by atoms with E-state index < -0.39 is 11.7 Å². The van der Waals surface area contributed by atoms with E-state index in [1.807, 2.05) is 6.92 Å². The zero-order valence-electron chi connectivity index (χ0n) is 9.68. The molecule has 1 rings (SSSR count). The lowest BCUT2D eigenvalue weighted by molar-refractivity contribution is -0.137. The zero-order valence-corrected chi connectivity index (χ0v) is 11.3. The van der Waals surface area contributed by atoms with E-state index in [-0.39, 0.29) is 11.6 Å². The predicted octanol–water partition coefficient (Wildman–Crippen LogP) is 3.60. The van der Waals surface area contributed by atoms with Gasteiger partial charge < -0.3 is 11.1 Å². The van der Waals surface area contributed by atoms with Crippen LogP contribution >= 0.6 is 15.9 Å². The first-order valence-electron chi connectivity index (χ1n) is 5.28. The molecule has 3 nitrogen and oxygen atoms in total. The first-order valence-corrected chi connectivity index (χ1v) is 6.07. The normalized spacial score (nSPS) is 12.6. The highest BCUT2D eigenvalue weighted by molar-refractivity contribution is 9.10. The molecule has 0 atom stereocenters. The Morgan fingerprint density at radius 2 is 2.11 bits per heavy atom. The fraction of sp³-hybridized carbons (Fsp3) is 0.364. The maximum absolute atomic E-state index is 12.5. The Kier molecular flexibility index (Phi) is 5.01. The van der Waals surface area contributed by atoms with E-state index in [9.17, 15) is 13.2 Å². The van der Waals surface area contributed by atoms with Gasteiger partial charge in [-0.2, -0.15) is 13.2 Å². The molecule has 0 radical (unpaired) electrons. The van der Waals surface area contributed by atoms with Gasteiger partial charge in [0.15, 0.2) is 5.96 Å². The van der Waals surface area contributed by atoms with Crippen molar-refractivity contribution < 1.29 is 13.2 Å². The molecule has 0 unspecified atom stereocenters. The van der Waals surface area contributed by atoms with Crippen LogP contribution < -0.4 is 11.1 Å². The number of benzene rings is 1. The SMILES string of the molecule is CCCN=C(N)Nc1cc(C(F)(F)F)ccc1Br. The molecule has 0 aromatic heterocycles. The fourth-order valence-electron chi connectivity index (χ4n) is 1.21. The van der Waals surface area contributed by atoms with Crippen molar-refractivity contribution in [3.63, 3.8) is 0 Å². The van der Waals surface area contributed by atoms with Crippen molar-refractivity contribution in [1.29, 1.82) is 0 Å². The summed E-state index contributed by atoms with van der Waals surface area (Å²) in [5.74, 6) is 0.0943.